The molecule has 4 nitrogen and oxygen atoms in total. The summed E-state index contributed by atoms with van der Waals surface area (Å²) in [6.45, 7) is 1.20. The van der Waals surface area contributed by atoms with Crippen LogP contribution in [0.3, 0.4) is 0 Å². The van der Waals surface area contributed by atoms with Crippen molar-refractivity contribution in [2.75, 3.05) is 20.3 Å². The van der Waals surface area contributed by atoms with Crippen molar-refractivity contribution < 1.29 is 19.0 Å². The highest BCUT2D eigenvalue weighted by molar-refractivity contribution is 5.59. The number of unbranched alkanes of at least 4 members (excludes halogenated alkanes) is 3. The molecule has 0 rings (SSSR count). The van der Waals surface area contributed by atoms with Crippen LogP contribution in [0.1, 0.15) is 25.7 Å². The van der Waals surface area contributed by atoms with Gasteiger partial charge in [0.15, 0.2) is 0 Å². The Morgan fingerprint density at radius 1 is 1.15 bits per heavy atom. The Bertz CT molecular complexity index is 125. The molecule has 0 aliphatic heterocycles. The molecule has 1 radical (unpaired) electrons. The van der Waals surface area contributed by atoms with E-state index in [4.69, 9.17) is 4.74 Å². The lowest BCUT2D eigenvalue weighted by Crippen LogP contribution is -2.04. The maximum Gasteiger partial charge on any atom is 0.508 e. The topological polar surface area (TPSA) is 44.8 Å². The summed E-state index contributed by atoms with van der Waals surface area (Å²) in [6.07, 6.45) is 3.33. The lowest BCUT2D eigenvalue weighted by atomic mass is 10.2. The van der Waals surface area contributed by atoms with E-state index in [0.29, 0.717) is 6.61 Å². The molecule has 0 N–H and O–H groups in total. The molecule has 0 aromatic heterocycles. The normalized spacial score (nSPS) is 9.69. The molecule has 13 heavy (non-hydrogen) atoms. The second kappa shape index (κ2) is 9.32. The minimum Gasteiger partial charge on any atom is -0.434 e. The molecule has 0 unspecified atom stereocenters. The summed E-state index contributed by atoms with van der Waals surface area (Å²) in [5.41, 5.74) is 0. The average Bonchev–Trinajstić information content (AvgIpc) is 2.16. The lowest BCUT2D eigenvalue weighted by Gasteiger charge is -2.02. The standard InChI is InChI=1S/C9H17O4/c1-11-7-5-3-4-6-8-13-9(10)12-2/h2-8H2,1H3. The van der Waals surface area contributed by atoms with Crippen LogP contribution in [-0.2, 0) is 14.2 Å². The fourth-order valence-electron chi connectivity index (χ4n) is 0.899. The van der Waals surface area contributed by atoms with Crippen molar-refractivity contribution in [1.29, 1.82) is 0 Å². The van der Waals surface area contributed by atoms with Crippen LogP contribution < -0.4 is 0 Å². The molecule has 0 saturated carbocycles. The Labute approximate surface area is 79.2 Å². The Morgan fingerprint density at radius 3 is 2.31 bits per heavy atom. The van der Waals surface area contributed by atoms with Gasteiger partial charge in [-0.25, -0.2) is 4.79 Å². The molecular weight excluding hydrogens is 172 g/mol. The molecule has 0 amide bonds. The maximum atomic E-state index is 10.4. The first-order chi connectivity index (χ1) is 6.31. The van der Waals surface area contributed by atoms with Gasteiger partial charge in [-0.15, -0.1) is 0 Å². The third kappa shape index (κ3) is 9.14. The van der Waals surface area contributed by atoms with Gasteiger partial charge < -0.3 is 14.2 Å². The molecule has 0 atom stereocenters. The second-order valence-corrected chi connectivity index (χ2v) is 2.65. The van der Waals surface area contributed by atoms with Crippen LogP contribution in [0.4, 0.5) is 4.79 Å². The summed E-state index contributed by atoms with van der Waals surface area (Å²) in [5.74, 6) is 0. The summed E-state index contributed by atoms with van der Waals surface area (Å²) in [4.78, 5) is 10.4. The van der Waals surface area contributed by atoms with E-state index in [-0.39, 0.29) is 0 Å². The van der Waals surface area contributed by atoms with Crippen LogP contribution in [-0.4, -0.2) is 26.5 Å². The van der Waals surface area contributed by atoms with Crippen LogP contribution in [0.25, 0.3) is 0 Å². The van der Waals surface area contributed by atoms with Crippen molar-refractivity contribution in [2.45, 2.75) is 25.7 Å². The maximum absolute atomic E-state index is 10.4. The van der Waals surface area contributed by atoms with Gasteiger partial charge in [-0.05, 0) is 19.3 Å². The summed E-state index contributed by atoms with van der Waals surface area (Å²) < 4.78 is 13.6. The molecule has 0 aliphatic carbocycles. The first-order valence-electron chi connectivity index (χ1n) is 4.39. The number of rotatable bonds is 7. The Hall–Kier alpha value is -0.770. The molecule has 77 valence electrons. The fraction of sp³-hybridized carbons (Fsp3) is 0.778. The first-order valence-corrected chi connectivity index (χ1v) is 4.39. The molecule has 0 aromatic rings. The quantitative estimate of drug-likeness (QED) is 0.454. The first kappa shape index (κ1) is 12.2. The second-order valence-electron chi connectivity index (χ2n) is 2.65. The van der Waals surface area contributed by atoms with Crippen molar-refractivity contribution in [3.63, 3.8) is 0 Å². The number of hydrogen-bond donors (Lipinski definition) is 0. The Balaban J connectivity index is 2.95. The van der Waals surface area contributed by atoms with Gasteiger partial charge in [0, 0.05) is 13.7 Å². The highest BCUT2D eigenvalue weighted by Crippen LogP contribution is 2.00. The highest BCUT2D eigenvalue weighted by atomic mass is 16.7. The SMILES string of the molecule is [CH2]OC(=O)OCCCCCCOC. The van der Waals surface area contributed by atoms with E-state index in [9.17, 15) is 4.79 Å². The largest absolute Gasteiger partial charge is 0.508 e. The molecule has 0 spiro atoms. The summed E-state index contributed by atoms with van der Waals surface area (Å²) in [5, 5.41) is 0. The zero-order valence-corrected chi connectivity index (χ0v) is 8.08. The van der Waals surface area contributed by atoms with Gasteiger partial charge in [0.1, 0.15) is 7.11 Å². The van der Waals surface area contributed by atoms with E-state index in [1.807, 2.05) is 0 Å². The number of methoxy groups -OCH3 is 1. The van der Waals surface area contributed by atoms with E-state index >= 15 is 0 Å². The van der Waals surface area contributed by atoms with Crippen molar-refractivity contribution in [3.8, 4) is 0 Å². The average molecular weight is 189 g/mol. The van der Waals surface area contributed by atoms with Gasteiger partial charge in [0.25, 0.3) is 0 Å². The smallest absolute Gasteiger partial charge is 0.434 e. The van der Waals surface area contributed by atoms with Crippen LogP contribution in [0.2, 0.25) is 0 Å². The van der Waals surface area contributed by atoms with Crippen LogP contribution in [0.5, 0.6) is 0 Å². The minimum atomic E-state index is -0.711. The third-order valence-electron chi connectivity index (χ3n) is 1.58. The zero-order valence-electron chi connectivity index (χ0n) is 8.08. The van der Waals surface area contributed by atoms with E-state index in [1.165, 1.54) is 0 Å². The van der Waals surface area contributed by atoms with E-state index in [0.717, 1.165) is 32.3 Å². The molecule has 0 saturated heterocycles. The van der Waals surface area contributed by atoms with Gasteiger partial charge in [-0.2, -0.15) is 0 Å². The van der Waals surface area contributed by atoms with Gasteiger partial charge in [0.2, 0.25) is 0 Å². The van der Waals surface area contributed by atoms with Gasteiger partial charge in [-0.3, -0.25) is 0 Å². The lowest BCUT2D eigenvalue weighted by molar-refractivity contribution is 0.0812. The van der Waals surface area contributed by atoms with E-state index < -0.39 is 6.16 Å². The van der Waals surface area contributed by atoms with Crippen LogP contribution in [0.15, 0.2) is 0 Å². The summed E-state index contributed by atoms with van der Waals surface area (Å²) >= 11 is 0. The van der Waals surface area contributed by atoms with Crippen LogP contribution in [0, 0.1) is 7.11 Å². The number of carbonyl (C=O) groups is 1. The zero-order chi connectivity index (χ0) is 9.94. The van der Waals surface area contributed by atoms with Crippen molar-refractivity contribution in [1.82, 2.24) is 0 Å². The fourth-order valence-corrected chi connectivity index (χ4v) is 0.899. The third-order valence-corrected chi connectivity index (χ3v) is 1.58. The molecule has 0 bridgehead atoms. The van der Waals surface area contributed by atoms with E-state index in [1.54, 1.807) is 7.11 Å². The number of ether oxygens (including phenoxy) is 3. The number of hydrogen-bond acceptors (Lipinski definition) is 4. The molecule has 4 heteroatoms. The molecule has 0 aliphatic rings. The number of carbonyl (C=O) groups excluding carboxylic acids is 1. The Morgan fingerprint density at radius 2 is 1.77 bits per heavy atom. The molecule has 0 fully saturated rings. The van der Waals surface area contributed by atoms with Crippen molar-refractivity contribution in [3.05, 3.63) is 7.11 Å². The monoisotopic (exact) mass is 189 g/mol. The van der Waals surface area contributed by atoms with Crippen molar-refractivity contribution >= 4 is 6.16 Å². The van der Waals surface area contributed by atoms with Gasteiger partial charge in [0.05, 0.1) is 6.61 Å². The predicted octanol–water partition coefficient (Wildman–Crippen LogP) is 2.14. The highest BCUT2D eigenvalue weighted by Gasteiger charge is 1.98. The van der Waals surface area contributed by atoms with Crippen molar-refractivity contribution in [2.24, 2.45) is 0 Å². The predicted molar refractivity (Wildman–Crippen MR) is 48.1 cm³/mol. The van der Waals surface area contributed by atoms with Gasteiger partial charge >= 0.3 is 6.16 Å². The van der Waals surface area contributed by atoms with E-state index in [2.05, 4.69) is 16.6 Å². The summed E-state index contributed by atoms with van der Waals surface area (Å²) in [7, 11) is 4.62. The molecular formula is C9H17O4. The molecule has 0 aromatic carbocycles. The van der Waals surface area contributed by atoms with Crippen LogP contribution >= 0.6 is 0 Å². The summed E-state index contributed by atoms with van der Waals surface area (Å²) in [6, 6.07) is 0. The minimum absolute atomic E-state index is 0.404. The molecule has 0 heterocycles. The van der Waals surface area contributed by atoms with Gasteiger partial charge in [-0.1, -0.05) is 6.42 Å². The Kier molecular flexibility index (Phi) is 8.77.